The second-order valence-electron chi connectivity index (χ2n) is 2.80. The molecule has 0 spiro atoms. The maximum Gasteiger partial charge on any atom is 0.377 e. The molecule has 0 fully saturated rings. The lowest BCUT2D eigenvalue weighted by atomic mass is 10.1. The first-order chi connectivity index (χ1) is 6.49. The summed E-state index contributed by atoms with van der Waals surface area (Å²) >= 11 is 0. The number of aliphatic hydroxyl groups is 5. The molecule has 0 saturated heterocycles. The molecule has 0 aromatic heterocycles. The van der Waals surface area contributed by atoms with Crippen LogP contribution in [-0.4, -0.2) is 56.4 Å². The summed E-state index contributed by atoms with van der Waals surface area (Å²) in [5, 5.41) is 44.6. The lowest BCUT2D eigenvalue weighted by molar-refractivity contribution is -0.151. The largest absolute Gasteiger partial charge is 0.505 e. The van der Waals surface area contributed by atoms with E-state index in [0.717, 1.165) is 0 Å². The second-order valence-corrected chi connectivity index (χ2v) is 2.80. The van der Waals surface area contributed by atoms with Crippen molar-refractivity contribution in [2.45, 2.75) is 18.3 Å². The van der Waals surface area contributed by atoms with E-state index < -0.39 is 42.4 Å². The van der Waals surface area contributed by atoms with Crippen LogP contribution < -0.4 is 0 Å². The van der Waals surface area contributed by atoms with Crippen LogP contribution in [0.5, 0.6) is 0 Å². The van der Waals surface area contributed by atoms with Crippen molar-refractivity contribution in [3.8, 4) is 0 Å². The standard InChI is InChI=1S/C7H10O7/c8-1-2(9)3(10)6-4(11)5(12)7(13)14-6/h2-3,6,8-12H,1H2/t2-,3+,6+/m0/s1. The Bertz CT molecular complexity index is 271. The Morgan fingerprint density at radius 1 is 1.36 bits per heavy atom. The van der Waals surface area contributed by atoms with Crippen molar-refractivity contribution in [3.63, 3.8) is 0 Å². The highest BCUT2D eigenvalue weighted by Crippen LogP contribution is 2.22. The monoisotopic (exact) mass is 206 g/mol. The molecule has 3 atom stereocenters. The zero-order valence-corrected chi connectivity index (χ0v) is 6.99. The van der Waals surface area contributed by atoms with Crippen LogP contribution in [0.2, 0.25) is 0 Å². The smallest absolute Gasteiger partial charge is 0.377 e. The van der Waals surface area contributed by atoms with Crippen molar-refractivity contribution >= 4 is 5.97 Å². The molecule has 14 heavy (non-hydrogen) atoms. The number of hydrogen-bond acceptors (Lipinski definition) is 7. The molecular weight excluding hydrogens is 196 g/mol. The first kappa shape index (κ1) is 10.8. The van der Waals surface area contributed by atoms with Crippen molar-refractivity contribution < 1.29 is 35.1 Å². The number of carbonyl (C=O) groups excluding carboxylic acids is 1. The van der Waals surface area contributed by atoms with Gasteiger partial charge in [-0.05, 0) is 0 Å². The Labute approximate surface area is 78.5 Å². The zero-order chi connectivity index (χ0) is 10.9. The molecule has 0 unspecified atom stereocenters. The van der Waals surface area contributed by atoms with Gasteiger partial charge in [0.25, 0.3) is 0 Å². The van der Waals surface area contributed by atoms with Gasteiger partial charge in [-0.2, -0.15) is 0 Å². The van der Waals surface area contributed by atoms with E-state index in [1.807, 2.05) is 0 Å². The van der Waals surface area contributed by atoms with Gasteiger partial charge in [0.05, 0.1) is 6.61 Å². The van der Waals surface area contributed by atoms with Crippen molar-refractivity contribution in [3.05, 3.63) is 11.5 Å². The van der Waals surface area contributed by atoms with Crippen LogP contribution in [0, 0.1) is 0 Å². The van der Waals surface area contributed by atoms with Gasteiger partial charge in [0.1, 0.15) is 12.2 Å². The minimum atomic E-state index is -1.69. The molecule has 5 N–H and O–H groups in total. The molecule has 0 bridgehead atoms. The third-order valence-electron chi connectivity index (χ3n) is 1.83. The number of cyclic esters (lactones) is 1. The van der Waals surface area contributed by atoms with E-state index in [-0.39, 0.29) is 0 Å². The summed E-state index contributed by atoms with van der Waals surface area (Å²) in [5.41, 5.74) is 0. The molecule has 1 rings (SSSR count). The first-order valence-electron chi connectivity index (χ1n) is 3.79. The van der Waals surface area contributed by atoms with E-state index >= 15 is 0 Å². The Kier molecular flexibility index (Phi) is 2.94. The maximum atomic E-state index is 10.7. The fraction of sp³-hybridized carbons (Fsp3) is 0.571. The maximum absolute atomic E-state index is 10.7. The predicted molar refractivity (Wildman–Crippen MR) is 41.3 cm³/mol. The first-order valence-corrected chi connectivity index (χ1v) is 3.79. The fourth-order valence-corrected chi connectivity index (χ4v) is 1.01. The molecule has 7 heteroatoms. The van der Waals surface area contributed by atoms with Crippen molar-refractivity contribution in [2.24, 2.45) is 0 Å². The average molecular weight is 206 g/mol. The highest BCUT2D eigenvalue weighted by Gasteiger charge is 2.41. The molecule has 1 heterocycles. The Morgan fingerprint density at radius 2 is 1.93 bits per heavy atom. The molecule has 0 saturated carbocycles. The van der Waals surface area contributed by atoms with Gasteiger partial charge >= 0.3 is 5.97 Å². The normalized spacial score (nSPS) is 26.2. The minimum Gasteiger partial charge on any atom is -0.505 e. The average Bonchev–Trinajstić information content (AvgIpc) is 2.43. The quantitative estimate of drug-likeness (QED) is 0.336. The molecule has 1 aliphatic rings. The van der Waals surface area contributed by atoms with E-state index in [0.29, 0.717) is 0 Å². The number of aliphatic hydroxyl groups excluding tert-OH is 5. The van der Waals surface area contributed by atoms with E-state index in [2.05, 4.69) is 4.74 Å². The Morgan fingerprint density at radius 3 is 2.29 bits per heavy atom. The van der Waals surface area contributed by atoms with Gasteiger partial charge in [-0.25, -0.2) is 4.79 Å². The summed E-state index contributed by atoms with van der Waals surface area (Å²) in [5.74, 6) is -3.04. The van der Waals surface area contributed by atoms with Crippen LogP contribution in [0.3, 0.4) is 0 Å². The topological polar surface area (TPSA) is 127 Å². The number of hydrogen-bond donors (Lipinski definition) is 5. The molecule has 0 aliphatic carbocycles. The zero-order valence-electron chi connectivity index (χ0n) is 6.99. The van der Waals surface area contributed by atoms with E-state index in [1.54, 1.807) is 0 Å². The van der Waals surface area contributed by atoms with Crippen LogP contribution in [0.25, 0.3) is 0 Å². The van der Waals surface area contributed by atoms with Crippen molar-refractivity contribution in [1.82, 2.24) is 0 Å². The van der Waals surface area contributed by atoms with Crippen LogP contribution in [0.15, 0.2) is 11.5 Å². The van der Waals surface area contributed by atoms with Crippen molar-refractivity contribution in [2.75, 3.05) is 6.61 Å². The number of ether oxygens (including phenoxy) is 1. The summed E-state index contributed by atoms with van der Waals surface area (Å²) in [6.45, 7) is -0.761. The van der Waals surface area contributed by atoms with Gasteiger partial charge in [-0.15, -0.1) is 0 Å². The number of carbonyl (C=O) groups is 1. The highest BCUT2D eigenvalue weighted by atomic mass is 16.6. The SMILES string of the molecule is O=C1O[C@H]([C@H](O)[C@@H](O)CO)C(O)=C1O. The van der Waals surface area contributed by atoms with E-state index in [1.165, 1.54) is 0 Å². The van der Waals surface area contributed by atoms with Crippen molar-refractivity contribution in [1.29, 1.82) is 0 Å². The Hall–Kier alpha value is -1.31. The van der Waals surface area contributed by atoms with Gasteiger partial charge in [-0.1, -0.05) is 0 Å². The summed E-state index contributed by atoms with van der Waals surface area (Å²) < 4.78 is 4.34. The lowest BCUT2D eigenvalue weighted by Crippen LogP contribution is -2.40. The molecule has 80 valence electrons. The molecule has 1 aliphatic heterocycles. The third kappa shape index (κ3) is 1.65. The number of rotatable bonds is 3. The summed E-state index contributed by atoms with van der Waals surface area (Å²) in [4.78, 5) is 10.7. The fourth-order valence-electron chi connectivity index (χ4n) is 1.01. The third-order valence-corrected chi connectivity index (χ3v) is 1.83. The summed E-state index contributed by atoms with van der Waals surface area (Å²) in [7, 11) is 0. The lowest BCUT2D eigenvalue weighted by Gasteiger charge is -2.20. The molecule has 0 amide bonds. The van der Waals surface area contributed by atoms with Gasteiger partial charge in [-0.3, -0.25) is 0 Å². The predicted octanol–water partition coefficient (Wildman–Crippen LogP) is -2.05. The molecule has 0 aromatic carbocycles. The Balaban J connectivity index is 2.78. The molecule has 7 nitrogen and oxygen atoms in total. The van der Waals surface area contributed by atoms with Gasteiger partial charge < -0.3 is 30.3 Å². The minimum absolute atomic E-state index is 0.761. The van der Waals surface area contributed by atoms with Gasteiger partial charge in [0.2, 0.25) is 5.76 Å². The van der Waals surface area contributed by atoms with Crippen LogP contribution in [0.4, 0.5) is 0 Å². The van der Waals surface area contributed by atoms with E-state index in [9.17, 15) is 9.90 Å². The summed E-state index contributed by atoms with van der Waals surface area (Å²) in [6.07, 6.45) is -4.79. The van der Waals surface area contributed by atoms with Crippen LogP contribution in [0.1, 0.15) is 0 Å². The summed E-state index contributed by atoms with van der Waals surface area (Å²) in [6, 6.07) is 0. The molecule has 0 radical (unpaired) electrons. The van der Waals surface area contributed by atoms with E-state index in [4.69, 9.17) is 20.4 Å². The van der Waals surface area contributed by atoms with Crippen LogP contribution in [-0.2, 0) is 9.53 Å². The van der Waals surface area contributed by atoms with Gasteiger partial charge in [0.15, 0.2) is 11.9 Å². The highest BCUT2D eigenvalue weighted by molar-refractivity contribution is 5.89. The second kappa shape index (κ2) is 3.82. The van der Waals surface area contributed by atoms with Gasteiger partial charge in [0, 0.05) is 0 Å². The van der Waals surface area contributed by atoms with Crippen LogP contribution >= 0.6 is 0 Å². The molecular formula is C7H10O7. The molecule has 0 aromatic rings. The number of esters is 1.